The maximum Gasteiger partial charge on any atom is 0.203 e. The molecule has 1 aromatic heterocycles. The first-order valence-corrected chi connectivity index (χ1v) is 14.5. The van der Waals surface area contributed by atoms with Crippen LogP contribution in [0.1, 0.15) is 37.5 Å². The van der Waals surface area contributed by atoms with E-state index in [0.717, 1.165) is 71.1 Å². The molecule has 0 bridgehead atoms. The van der Waals surface area contributed by atoms with Crippen LogP contribution in [0.2, 0.25) is 0 Å². The largest absolute Gasteiger partial charge is 0.512 e. The summed E-state index contributed by atoms with van der Waals surface area (Å²) in [6, 6.07) is 25.2. The van der Waals surface area contributed by atoms with Crippen molar-refractivity contribution in [3.63, 3.8) is 0 Å². The van der Waals surface area contributed by atoms with Crippen molar-refractivity contribution in [2.24, 2.45) is 7.05 Å². The zero-order valence-corrected chi connectivity index (χ0v) is 25.7. The first kappa shape index (κ1) is 30.1. The van der Waals surface area contributed by atoms with Gasteiger partial charge < -0.3 is 25.0 Å². The average molecular weight is 584 g/mol. The Bertz CT molecular complexity index is 2170. The fraction of sp³-hybridized carbons (Fsp3) is 0.128. The maximum absolute atomic E-state index is 10.5. The van der Waals surface area contributed by atoms with Crippen LogP contribution >= 0.6 is 0 Å². The zero-order valence-electron chi connectivity index (χ0n) is 25.7. The fourth-order valence-electron chi connectivity index (χ4n) is 6.02. The molecule has 0 saturated carbocycles. The summed E-state index contributed by atoms with van der Waals surface area (Å²) in [4.78, 5) is 0. The van der Waals surface area contributed by atoms with Gasteiger partial charge in [0.25, 0.3) is 0 Å². The highest BCUT2D eigenvalue weighted by Crippen LogP contribution is 2.43. The van der Waals surface area contributed by atoms with Crippen molar-refractivity contribution < 1.29 is 20.4 Å². The SMILES string of the molecule is C=C(/C=c1/cccc/c1=C/C)c1c2ccccc2c(-c2ccc(/C(C)=C(C)/C(O)=C(O)\C(O)=C\O)c(C)c2)c2ccn(C)c12. The summed E-state index contributed by atoms with van der Waals surface area (Å²) in [5.74, 6) is -2.10. The Morgan fingerprint density at radius 2 is 1.48 bits per heavy atom. The number of fused-ring (bicyclic) bond motifs is 2. The van der Waals surface area contributed by atoms with Crippen molar-refractivity contribution in [1.29, 1.82) is 0 Å². The van der Waals surface area contributed by atoms with Gasteiger partial charge in [-0.05, 0) is 100 Å². The van der Waals surface area contributed by atoms with Gasteiger partial charge in [-0.2, -0.15) is 0 Å². The van der Waals surface area contributed by atoms with Crippen LogP contribution < -0.4 is 10.4 Å². The third-order valence-electron chi connectivity index (χ3n) is 8.43. The summed E-state index contributed by atoms with van der Waals surface area (Å²) >= 11 is 0. The van der Waals surface area contributed by atoms with E-state index >= 15 is 0 Å². The number of hydrogen-bond acceptors (Lipinski definition) is 4. The van der Waals surface area contributed by atoms with Gasteiger partial charge in [-0.3, -0.25) is 0 Å². The Kier molecular flexibility index (Phi) is 8.23. The molecule has 222 valence electrons. The number of benzene rings is 4. The van der Waals surface area contributed by atoms with Crippen molar-refractivity contribution in [1.82, 2.24) is 4.57 Å². The van der Waals surface area contributed by atoms with Crippen LogP contribution in [0.15, 0.2) is 115 Å². The summed E-state index contributed by atoms with van der Waals surface area (Å²) in [6.45, 7) is 12.1. The second-order valence-corrected chi connectivity index (χ2v) is 11.1. The highest BCUT2D eigenvalue weighted by atomic mass is 16.3. The maximum atomic E-state index is 10.5. The number of aliphatic hydroxyl groups excluding tert-OH is 4. The van der Waals surface area contributed by atoms with E-state index in [2.05, 4.69) is 91.1 Å². The number of allylic oxidation sites excluding steroid dienone is 3. The summed E-state index contributed by atoms with van der Waals surface area (Å²) in [7, 11) is 2.07. The van der Waals surface area contributed by atoms with E-state index in [9.17, 15) is 15.3 Å². The van der Waals surface area contributed by atoms with Gasteiger partial charge in [0.05, 0.1) is 5.52 Å². The van der Waals surface area contributed by atoms with Crippen molar-refractivity contribution in [2.75, 3.05) is 0 Å². The minimum atomic E-state index is -0.808. The highest BCUT2D eigenvalue weighted by Gasteiger charge is 2.20. The normalized spacial score (nSPS) is 14.2. The molecule has 5 aromatic rings. The van der Waals surface area contributed by atoms with Crippen LogP contribution in [-0.2, 0) is 7.05 Å². The van der Waals surface area contributed by atoms with E-state index < -0.39 is 17.3 Å². The van der Waals surface area contributed by atoms with Crippen molar-refractivity contribution >= 4 is 45.0 Å². The Labute approximate surface area is 257 Å². The van der Waals surface area contributed by atoms with E-state index in [1.165, 1.54) is 0 Å². The molecule has 5 heteroatoms. The van der Waals surface area contributed by atoms with Gasteiger partial charge in [-0.1, -0.05) is 79.4 Å². The third kappa shape index (κ3) is 5.18. The van der Waals surface area contributed by atoms with Crippen LogP contribution in [0, 0.1) is 6.92 Å². The van der Waals surface area contributed by atoms with Crippen molar-refractivity contribution in [3.8, 4) is 11.1 Å². The smallest absolute Gasteiger partial charge is 0.203 e. The Hall–Kier alpha value is -5.42. The standard InChI is InChI=1S/C39H37NO4/c1-7-27-12-8-9-13-28(27)21-24(3)35-31-14-10-11-15-32(31)36(33-18-19-40(6)37(33)35)29-16-17-30(23(2)20-29)25(4)26(5)38(43)39(44)34(42)22-41/h7-22,41-44H,3H2,1-2,4-6H3/b26-25+,27-7-,28-21-,34-22-,39-38-. The molecule has 4 N–H and O–H groups in total. The minimum Gasteiger partial charge on any atom is -0.512 e. The summed E-state index contributed by atoms with van der Waals surface area (Å²) < 4.78 is 2.16. The third-order valence-corrected chi connectivity index (χ3v) is 8.43. The topological polar surface area (TPSA) is 85.8 Å². The Morgan fingerprint density at radius 1 is 0.818 bits per heavy atom. The summed E-state index contributed by atoms with van der Waals surface area (Å²) in [5.41, 5.74) is 8.30. The van der Waals surface area contributed by atoms with E-state index in [0.29, 0.717) is 11.8 Å². The molecule has 0 aliphatic heterocycles. The molecule has 0 unspecified atom stereocenters. The lowest BCUT2D eigenvalue weighted by molar-refractivity contribution is 0.275. The lowest BCUT2D eigenvalue weighted by Crippen LogP contribution is -2.23. The Morgan fingerprint density at radius 3 is 2.14 bits per heavy atom. The molecule has 0 saturated heterocycles. The van der Waals surface area contributed by atoms with Crippen LogP contribution in [0.4, 0.5) is 0 Å². The van der Waals surface area contributed by atoms with Crippen LogP contribution in [-0.4, -0.2) is 25.0 Å². The molecule has 0 radical (unpaired) electrons. The lowest BCUT2D eigenvalue weighted by atomic mass is 9.87. The quantitative estimate of drug-likeness (QED) is 0.119. The monoisotopic (exact) mass is 583 g/mol. The number of aromatic nitrogens is 1. The van der Waals surface area contributed by atoms with Gasteiger partial charge in [-0.25, -0.2) is 0 Å². The predicted molar refractivity (Wildman–Crippen MR) is 184 cm³/mol. The molecular weight excluding hydrogens is 546 g/mol. The number of rotatable bonds is 6. The first-order valence-electron chi connectivity index (χ1n) is 14.5. The van der Waals surface area contributed by atoms with E-state index in [1.807, 2.05) is 39.0 Å². The molecule has 5 rings (SSSR count). The number of aryl methyl sites for hydroxylation is 2. The van der Waals surface area contributed by atoms with Gasteiger partial charge in [0.15, 0.2) is 11.5 Å². The summed E-state index contributed by atoms with van der Waals surface area (Å²) in [5, 5.41) is 44.9. The highest BCUT2D eigenvalue weighted by molar-refractivity contribution is 6.20. The van der Waals surface area contributed by atoms with Gasteiger partial charge >= 0.3 is 0 Å². The molecule has 1 heterocycles. The van der Waals surface area contributed by atoms with Gasteiger partial charge in [0.2, 0.25) is 5.76 Å². The predicted octanol–water partition coefficient (Wildman–Crippen LogP) is 8.68. The summed E-state index contributed by atoms with van der Waals surface area (Å²) in [6.07, 6.45) is 6.70. The molecule has 0 atom stereocenters. The first-order chi connectivity index (χ1) is 21.1. The van der Waals surface area contributed by atoms with Crippen molar-refractivity contribution in [3.05, 3.63) is 142 Å². The molecular formula is C39H37NO4. The van der Waals surface area contributed by atoms with E-state index in [-0.39, 0.29) is 0 Å². The molecule has 0 fully saturated rings. The molecule has 5 nitrogen and oxygen atoms in total. The van der Waals surface area contributed by atoms with E-state index in [1.54, 1.807) is 6.92 Å². The van der Waals surface area contributed by atoms with Gasteiger partial charge in [-0.15, -0.1) is 0 Å². The van der Waals surface area contributed by atoms with Crippen LogP contribution in [0.3, 0.4) is 0 Å². The minimum absolute atomic E-state index is 0.337. The number of nitrogens with zero attached hydrogens (tertiary/aromatic N) is 1. The van der Waals surface area contributed by atoms with Crippen LogP contribution in [0.5, 0.6) is 0 Å². The van der Waals surface area contributed by atoms with Gasteiger partial charge in [0.1, 0.15) is 6.26 Å². The second-order valence-electron chi connectivity index (χ2n) is 11.1. The Balaban J connectivity index is 1.74. The average Bonchev–Trinajstić information content (AvgIpc) is 3.42. The number of hydrogen-bond donors (Lipinski definition) is 4. The lowest BCUT2D eigenvalue weighted by Gasteiger charge is -2.18. The van der Waals surface area contributed by atoms with Crippen LogP contribution in [0.25, 0.3) is 56.1 Å². The fourth-order valence-corrected chi connectivity index (χ4v) is 6.02. The molecule has 0 aliphatic rings. The molecule has 0 spiro atoms. The number of aliphatic hydroxyl groups is 4. The van der Waals surface area contributed by atoms with E-state index in [4.69, 9.17) is 5.11 Å². The molecule has 0 aliphatic carbocycles. The van der Waals surface area contributed by atoms with Gasteiger partial charge in [0, 0.05) is 24.2 Å². The molecule has 4 aromatic carbocycles. The molecule has 44 heavy (non-hydrogen) atoms. The zero-order chi connectivity index (χ0) is 31.7. The second kappa shape index (κ2) is 12.1. The molecule has 0 amide bonds. The van der Waals surface area contributed by atoms with Crippen molar-refractivity contribution in [2.45, 2.75) is 27.7 Å².